The van der Waals surface area contributed by atoms with Crippen LogP contribution < -0.4 is 4.74 Å². The molecule has 0 bridgehead atoms. The largest absolute Gasteiger partial charge is 0.496 e. The average Bonchev–Trinajstić information content (AvgIpc) is 2.39. The Morgan fingerprint density at radius 1 is 1.37 bits per heavy atom. The van der Waals surface area contributed by atoms with Crippen LogP contribution in [0, 0.1) is 0 Å². The standard InChI is InChI=1S/C15H21BrClNO/c1-18(14-6-4-3-5-13(14)17)10-11-7-8-15(19-2)12(16)9-11/h7-9,13-14H,3-6,10H2,1-2H3. The summed E-state index contributed by atoms with van der Waals surface area (Å²) >= 11 is 9.99. The van der Waals surface area contributed by atoms with E-state index in [4.69, 9.17) is 16.3 Å². The number of halogens is 2. The van der Waals surface area contributed by atoms with Crippen LogP contribution in [0.15, 0.2) is 22.7 Å². The maximum Gasteiger partial charge on any atom is 0.133 e. The number of benzene rings is 1. The van der Waals surface area contributed by atoms with E-state index in [2.05, 4.69) is 40.0 Å². The summed E-state index contributed by atoms with van der Waals surface area (Å²) in [5.74, 6) is 0.874. The van der Waals surface area contributed by atoms with Crippen LogP contribution >= 0.6 is 27.5 Å². The van der Waals surface area contributed by atoms with Crippen LogP contribution in [-0.4, -0.2) is 30.5 Å². The Morgan fingerprint density at radius 2 is 2.11 bits per heavy atom. The van der Waals surface area contributed by atoms with Gasteiger partial charge in [-0.15, -0.1) is 11.6 Å². The zero-order valence-corrected chi connectivity index (χ0v) is 13.9. The molecular weight excluding hydrogens is 326 g/mol. The minimum atomic E-state index is 0.292. The number of nitrogens with zero attached hydrogens (tertiary/aromatic N) is 1. The molecule has 19 heavy (non-hydrogen) atoms. The van der Waals surface area contributed by atoms with Gasteiger partial charge in [0.2, 0.25) is 0 Å². The highest BCUT2D eigenvalue weighted by atomic mass is 79.9. The highest BCUT2D eigenvalue weighted by Crippen LogP contribution is 2.29. The van der Waals surface area contributed by atoms with E-state index in [-0.39, 0.29) is 0 Å². The van der Waals surface area contributed by atoms with Crippen molar-refractivity contribution in [1.82, 2.24) is 4.90 Å². The number of ether oxygens (including phenoxy) is 1. The van der Waals surface area contributed by atoms with Crippen LogP contribution in [0.25, 0.3) is 0 Å². The van der Waals surface area contributed by atoms with E-state index in [1.54, 1.807) is 7.11 Å². The Hall–Kier alpha value is -0.250. The third-order valence-electron chi connectivity index (χ3n) is 3.86. The van der Waals surface area contributed by atoms with Gasteiger partial charge in [-0.2, -0.15) is 0 Å². The van der Waals surface area contributed by atoms with Gasteiger partial charge in [0, 0.05) is 18.0 Å². The van der Waals surface area contributed by atoms with E-state index in [0.29, 0.717) is 11.4 Å². The maximum atomic E-state index is 6.45. The number of rotatable bonds is 4. The SMILES string of the molecule is COc1ccc(CN(C)C2CCCCC2Cl)cc1Br. The lowest BCUT2D eigenvalue weighted by Crippen LogP contribution is -2.40. The first-order chi connectivity index (χ1) is 9.11. The molecule has 0 aromatic heterocycles. The third-order valence-corrected chi connectivity index (χ3v) is 4.99. The molecule has 0 amide bonds. The first kappa shape index (κ1) is 15.1. The van der Waals surface area contributed by atoms with Gasteiger partial charge < -0.3 is 4.74 Å². The minimum absolute atomic E-state index is 0.292. The summed E-state index contributed by atoms with van der Waals surface area (Å²) in [5, 5.41) is 0.292. The summed E-state index contributed by atoms with van der Waals surface area (Å²) in [5.41, 5.74) is 1.28. The Labute approximate surface area is 129 Å². The van der Waals surface area contributed by atoms with Crippen molar-refractivity contribution in [2.24, 2.45) is 0 Å². The molecule has 2 rings (SSSR count). The van der Waals surface area contributed by atoms with Crippen molar-refractivity contribution in [2.45, 2.75) is 43.6 Å². The van der Waals surface area contributed by atoms with E-state index < -0.39 is 0 Å². The van der Waals surface area contributed by atoms with Crippen molar-refractivity contribution in [1.29, 1.82) is 0 Å². The molecular formula is C15H21BrClNO. The van der Waals surface area contributed by atoms with Crippen molar-refractivity contribution in [3.05, 3.63) is 28.2 Å². The second-order valence-electron chi connectivity index (χ2n) is 5.25. The van der Waals surface area contributed by atoms with Gasteiger partial charge in [0.1, 0.15) is 5.75 Å². The van der Waals surface area contributed by atoms with Gasteiger partial charge in [0.25, 0.3) is 0 Å². The predicted octanol–water partition coefficient (Wildman–Crippen LogP) is 4.44. The molecule has 1 aliphatic carbocycles. The van der Waals surface area contributed by atoms with Crippen molar-refractivity contribution in [3.8, 4) is 5.75 Å². The van der Waals surface area contributed by atoms with Gasteiger partial charge in [0.05, 0.1) is 11.6 Å². The zero-order chi connectivity index (χ0) is 13.8. The molecule has 1 aromatic carbocycles. The molecule has 0 N–H and O–H groups in total. The molecule has 0 spiro atoms. The second-order valence-corrected chi connectivity index (χ2v) is 6.67. The van der Waals surface area contributed by atoms with Gasteiger partial charge in [-0.25, -0.2) is 0 Å². The van der Waals surface area contributed by atoms with Crippen molar-refractivity contribution in [2.75, 3.05) is 14.2 Å². The van der Waals surface area contributed by atoms with Crippen LogP contribution in [0.1, 0.15) is 31.2 Å². The Morgan fingerprint density at radius 3 is 2.74 bits per heavy atom. The summed E-state index contributed by atoms with van der Waals surface area (Å²) in [4.78, 5) is 2.38. The van der Waals surface area contributed by atoms with Crippen molar-refractivity contribution in [3.63, 3.8) is 0 Å². The molecule has 2 unspecified atom stereocenters. The van der Waals surface area contributed by atoms with E-state index in [0.717, 1.165) is 23.2 Å². The summed E-state index contributed by atoms with van der Waals surface area (Å²) in [6.07, 6.45) is 4.92. The van der Waals surface area contributed by atoms with Crippen LogP contribution in [0.2, 0.25) is 0 Å². The van der Waals surface area contributed by atoms with Crippen LogP contribution in [0.4, 0.5) is 0 Å². The topological polar surface area (TPSA) is 12.5 Å². The highest BCUT2D eigenvalue weighted by molar-refractivity contribution is 9.10. The smallest absolute Gasteiger partial charge is 0.133 e. The summed E-state index contributed by atoms with van der Waals surface area (Å²) in [6, 6.07) is 6.75. The minimum Gasteiger partial charge on any atom is -0.496 e. The third kappa shape index (κ3) is 3.87. The Kier molecular flexibility index (Phi) is 5.55. The lowest BCUT2D eigenvalue weighted by atomic mass is 9.93. The lowest BCUT2D eigenvalue weighted by Gasteiger charge is -2.35. The molecule has 0 heterocycles. The van der Waals surface area contributed by atoms with Gasteiger partial charge in [-0.05, 0) is 53.5 Å². The molecule has 106 valence electrons. The van der Waals surface area contributed by atoms with Crippen molar-refractivity contribution >= 4 is 27.5 Å². The number of alkyl halides is 1. The molecule has 1 fully saturated rings. The number of hydrogen-bond acceptors (Lipinski definition) is 2. The highest BCUT2D eigenvalue weighted by Gasteiger charge is 2.26. The van der Waals surface area contributed by atoms with Crippen LogP contribution in [-0.2, 0) is 6.54 Å². The molecule has 1 aliphatic rings. The maximum absolute atomic E-state index is 6.45. The summed E-state index contributed by atoms with van der Waals surface area (Å²) in [6.45, 7) is 0.927. The normalized spacial score (nSPS) is 23.6. The summed E-state index contributed by atoms with van der Waals surface area (Å²) < 4.78 is 6.26. The van der Waals surface area contributed by atoms with E-state index in [1.807, 2.05) is 6.07 Å². The van der Waals surface area contributed by atoms with Gasteiger partial charge in [0.15, 0.2) is 0 Å². The zero-order valence-electron chi connectivity index (χ0n) is 11.5. The van der Waals surface area contributed by atoms with E-state index >= 15 is 0 Å². The number of methoxy groups -OCH3 is 1. The molecule has 0 radical (unpaired) electrons. The van der Waals surface area contributed by atoms with Crippen LogP contribution in [0.3, 0.4) is 0 Å². The first-order valence-electron chi connectivity index (χ1n) is 6.78. The quantitative estimate of drug-likeness (QED) is 0.747. The molecule has 0 saturated heterocycles. The molecule has 2 atom stereocenters. The Balaban J connectivity index is 2.01. The van der Waals surface area contributed by atoms with Gasteiger partial charge in [-0.1, -0.05) is 18.9 Å². The van der Waals surface area contributed by atoms with E-state index in [9.17, 15) is 0 Å². The fourth-order valence-corrected chi connectivity index (χ4v) is 3.84. The Bertz CT molecular complexity index is 427. The molecule has 0 aliphatic heterocycles. The first-order valence-corrected chi connectivity index (χ1v) is 8.01. The van der Waals surface area contributed by atoms with E-state index in [1.165, 1.54) is 24.8 Å². The van der Waals surface area contributed by atoms with Gasteiger partial charge in [-0.3, -0.25) is 4.90 Å². The fourth-order valence-electron chi connectivity index (χ4n) is 2.78. The van der Waals surface area contributed by atoms with Crippen LogP contribution in [0.5, 0.6) is 5.75 Å². The molecule has 4 heteroatoms. The molecule has 2 nitrogen and oxygen atoms in total. The average molecular weight is 347 g/mol. The predicted molar refractivity (Wildman–Crippen MR) is 84.1 cm³/mol. The number of hydrogen-bond donors (Lipinski definition) is 0. The van der Waals surface area contributed by atoms with Gasteiger partial charge >= 0.3 is 0 Å². The van der Waals surface area contributed by atoms with Crippen molar-refractivity contribution < 1.29 is 4.74 Å². The second kappa shape index (κ2) is 6.96. The summed E-state index contributed by atoms with van der Waals surface area (Å²) in [7, 11) is 3.86. The molecule has 1 saturated carbocycles. The molecule has 1 aromatic rings. The lowest BCUT2D eigenvalue weighted by molar-refractivity contribution is 0.188. The monoisotopic (exact) mass is 345 g/mol. The fraction of sp³-hybridized carbons (Fsp3) is 0.600.